The summed E-state index contributed by atoms with van der Waals surface area (Å²) in [5.74, 6) is 0.878. The number of hydrogen-bond acceptors (Lipinski definition) is 5. The molecular formula is C19H17NO5. The van der Waals surface area contributed by atoms with Gasteiger partial charge in [0.05, 0.1) is 24.7 Å². The fraction of sp³-hybridized carbons (Fsp3) is 0.105. The monoisotopic (exact) mass is 339 g/mol. The molecule has 0 spiro atoms. The van der Waals surface area contributed by atoms with E-state index in [4.69, 9.17) is 9.47 Å². The third kappa shape index (κ3) is 4.78. The second-order valence-corrected chi connectivity index (χ2v) is 5.00. The standard InChI is InChI=1S/C19H17NO5/c1-24-18-12-8-14(13-19(18)25-2)7-10-16(21)11-9-15-5-3-4-6-17(15)20(22)23/h3-13H,1-2H3/b10-7+,11-9+. The molecule has 0 aliphatic heterocycles. The van der Waals surface area contributed by atoms with Crippen LogP contribution in [0.15, 0.2) is 54.6 Å². The molecule has 0 bridgehead atoms. The number of hydrogen-bond donors (Lipinski definition) is 0. The number of rotatable bonds is 7. The Hall–Kier alpha value is -3.41. The molecule has 0 unspecified atom stereocenters. The number of carbonyl (C=O) groups is 1. The molecule has 0 heterocycles. The molecule has 2 rings (SSSR count). The Balaban J connectivity index is 2.12. The summed E-state index contributed by atoms with van der Waals surface area (Å²) < 4.78 is 10.4. The van der Waals surface area contributed by atoms with Gasteiger partial charge in [0.15, 0.2) is 17.3 Å². The van der Waals surface area contributed by atoms with E-state index in [2.05, 4.69) is 0 Å². The van der Waals surface area contributed by atoms with Gasteiger partial charge < -0.3 is 9.47 Å². The van der Waals surface area contributed by atoms with Crippen LogP contribution in [0.5, 0.6) is 11.5 Å². The van der Waals surface area contributed by atoms with Crippen LogP contribution in [0, 0.1) is 10.1 Å². The predicted molar refractivity (Wildman–Crippen MR) is 95.7 cm³/mol. The number of nitrogens with zero attached hydrogens (tertiary/aromatic N) is 1. The Morgan fingerprint density at radius 2 is 1.68 bits per heavy atom. The third-order valence-corrected chi connectivity index (χ3v) is 3.41. The maximum absolute atomic E-state index is 11.9. The van der Waals surface area contributed by atoms with Crippen molar-refractivity contribution in [2.75, 3.05) is 14.2 Å². The summed E-state index contributed by atoms with van der Waals surface area (Å²) in [7, 11) is 3.08. The van der Waals surface area contributed by atoms with Crippen molar-refractivity contribution >= 4 is 23.6 Å². The first kappa shape index (κ1) is 17.9. The minimum atomic E-state index is -0.483. The molecule has 25 heavy (non-hydrogen) atoms. The Morgan fingerprint density at radius 3 is 2.36 bits per heavy atom. The minimum absolute atomic E-state index is 0.0459. The van der Waals surface area contributed by atoms with E-state index in [0.717, 1.165) is 5.56 Å². The number of ketones is 1. The number of para-hydroxylation sites is 1. The van der Waals surface area contributed by atoms with E-state index in [1.165, 1.54) is 31.4 Å². The molecular weight excluding hydrogens is 322 g/mol. The highest BCUT2D eigenvalue weighted by atomic mass is 16.6. The van der Waals surface area contributed by atoms with Gasteiger partial charge in [-0.15, -0.1) is 0 Å². The zero-order chi connectivity index (χ0) is 18.2. The largest absolute Gasteiger partial charge is 0.493 e. The normalized spacial score (nSPS) is 11.0. The molecule has 0 aliphatic rings. The van der Waals surface area contributed by atoms with Gasteiger partial charge in [-0.3, -0.25) is 14.9 Å². The zero-order valence-corrected chi connectivity index (χ0v) is 13.8. The van der Waals surface area contributed by atoms with E-state index in [0.29, 0.717) is 17.1 Å². The Labute approximate surface area is 145 Å². The van der Waals surface area contributed by atoms with Crippen LogP contribution in [0.4, 0.5) is 5.69 Å². The van der Waals surface area contributed by atoms with E-state index >= 15 is 0 Å². The quantitative estimate of drug-likeness (QED) is 0.434. The smallest absolute Gasteiger partial charge is 0.276 e. The van der Waals surface area contributed by atoms with E-state index in [1.54, 1.807) is 49.6 Å². The Bertz CT molecular complexity index is 839. The Kier molecular flexibility index (Phi) is 6.06. The first-order valence-electron chi connectivity index (χ1n) is 7.40. The summed E-state index contributed by atoms with van der Waals surface area (Å²) >= 11 is 0. The van der Waals surface area contributed by atoms with Crippen LogP contribution < -0.4 is 9.47 Å². The maximum Gasteiger partial charge on any atom is 0.276 e. The molecule has 2 aromatic rings. The molecule has 0 fully saturated rings. The van der Waals surface area contributed by atoms with Crippen LogP contribution >= 0.6 is 0 Å². The van der Waals surface area contributed by atoms with E-state index < -0.39 is 4.92 Å². The van der Waals surface area contributed by atoms with Gasteiger partial charge in [0, 0.05) is 6.07 Å². The van der Waals surface area contributed by atoms with E-state index in [9.17, 15) is 14.9 Å². The van der Waals surface area contributed by atoms with Crippen LogP contribution in [0.25, 0.3) is 12.2 Å². The number of nitro benzene ring substituents is 1. The summed E-state index contributed by atoms with van der Waals surface area (Å²) in [5.41, 5.74) is 1.10. The molecule has 2 aromatic carbocycles. The van der Waals surface area contributed by atoms with E-state index in [-0.39, 0.29) is 11.5 Å². The summed E-state index contributed by atoms with van der Waals surface area (Å²) in [6.07, 6.45) is 5.74. The summed E-state index contributed by atoms with van der Waals surface area (Å²) in [6.45, 7) is 0. The van der Waals surface area contributed by atoms with Gasteiger partial charge in [0.2, 0.25) is 0 Å². The second-order valence-electron chi connectivity index (χ2n) is 5.00. The highest BCUT2D eigenvalue weighted by Gasteiger charge is 2.09. The summed E-state index contributed by atoms with van der Waals surface area (Å²) in [5, 5.41) is 10.9. The van der Waals surface area contributed by atoms with Crippen LogP contribution in [0.2, 0.25) is 0 Å². The van der Waals surface area contributed by atoms with Crippen molar-refractivity contribution in [2.45, 2.75) is 0 Å². The van der Waals surface area contributed by atoms with Gasteiger partial charge >= 0.3 is 0 Å². The van der Waals surface area contributed by atoms with Crippen molar-refractivity contribution in [2.24, 2.45) is 0 Å². The molecule has 0 aliphatic carbocycles. The van der Waals surface area contributed by atoms with Crippen LogP contribution in [0.3, 0.4) is 0 Å². The lowest BCUT2D eigenvalue weighted by molar-refractivity contribution is -0.385. The molecule has 0 atom stereocenters. The average Bonchev–Trinajstić information content (AvgIpc) is 2.64. The highest BCUT2D eigenvalue weighted by molar-refractivity contribution is 6.04. The number of allylic oxidation sites excluding steroid dienone is 2. The topological polar surface area (TPSA) is 78.7 Å². The molecule has 0 saturated carbocycles. The lowest BCUT2D eigenvalue weighted by Crippen LogP contribution is -1.92. The van der Waals surface area contributed by atoms with Gasteiger partial charge in [0.25, 0.3) is 5.69 Å². The molecule has 0 amide bonds. The van der Waals surface area contributed by atoms with Gasteiger partial charge in [-0.25, -0.2) is 0 Å². The fourth-order valence-corrected chi connectivity index (χ4v) is 2.16. The van der Waals surface area contributed by atoms with Crippen molar-refractivity contribution in [3.63, 3.8) is 0 Å². The summed E-state index contributed by atoms with van der Waals surface area (Å²) in [4.78, 5) is 22.4. The molecule has 6 nitrogen and oxygen atoms in total. The lowest BCUT2D eigenvalue weighted by atomic mass is 10.1. The van der Waals surface area contributed by atoms with Crippen LogP contribution in [-0.4, -0.2) is 24.9 Å². The molecule has 128 valence electrons. The maximum atomic E-state index is 11.9. The first-order chi connectivity index (χ1) is 12.0. The van der Waals surface area contributed by atoms with Gasteiger partial charge in [-0.05, 0) is 42.0 Å². The van der Waals surface area contributed by atoms with Crippen molar-refractivity contribution in [3.05, 3.63) is 75.9 Å². The van der Waals surface area contributed by atoms with E-state index in [1.807, 2.05) is 0 Å². The molecule has 6 heteroatoms. The highest BCUT2D eigenvalue weighted by Crippen LogP contribution is 2.28. The SMILES string of the molecule is COc1ccc(/C=C/C(=O)/C=C/c2ccccc2[N+](=O)[O-])cc1OC. The van der Waals surface area contributed by atoms with Crippen molar-refractivity contribution < 1.29 is 19.2 Å². The van der Waals surface area contributed by atoms with Gasteiger partial charge in [-0.1, -0.05) is 24.3 Å². The van der Waals surface area contributed by atoms with Gasteiger partial charge in [0.1, 0.15) is 0 Å². The average molecular weight is 339 g/mol. The molecule has 0 N–H and O–H groups in total. The van der Waals surface area contributed by atoms with Crippen molar-refractivity contribution in [1.82, 2.24) is 0 Å². The van der Waals surface area contributed by atoms with Crippen molar-refractivity contribution in [1.29, 1.82) is 0 Å². The first-order valence-corrected chi connectivity index (χ1v) is 7.40. The van der Waals surface area contributed by atoms with Crippen molar-refractivity contribution in [3.8, 4) is 11.5 Å². The summed E-state index contributed by atoms with van der Waals surface area (Å²) in [6, 6.07) is 11.5. The molecule has 0 saturated heterocycles. The molecule has 0 aromatic heterocycles. The number of benzene rings is 2. The zero-order valence-electron chi connectivity index (χ0n) is 13.8. The number of methoxy groups -OCH3 is 2. The van der Waals surface area contributed by atoms with Crippen LogP contribution in [0.1, 0.15) is 11.1 Å². The van der Waals surface area contributed by atoms with Crippen LogP contribution in [-0.2, 0) is 4.79 Å². The van der Waals surface area contributed by atoms with Gasteiger partial charge in [-0.2, -0.15) is 0 Å². The molecule has 0 radical (unpaired) electrons. The predicted octanol–water partition coefficient (Wildman–Crippen LogP) is 3.91. The number of ether oxygens (including phenoxy) is 2. The number of carbonyl (C=O) groups excluding carboxylic acids is 1. The third-order valence-electron chi connectivity index (χ3n) is 3.41. The Morgan fingerprint density at radius 1 is 1.00 bits per heavy atom. The lowest BCUT2D eigenvalue weighted by Gasteiger charge is -2.07. The number of nitro groups is 1. The second kappa shape index (κ2) is 8.44. The fourth-order valence-electron chi connectivity index (χ4n) is 2.16. The minimum Gasteiger partial charge on any atom is -0.493 e.